The van der Waals surface area contributed by atoms with Crippen LogP contribution in [0.25, 0.3) is 11.5 Å². The highest BCUT2D eigenvalue weighted by Crippen LogP contribution is 2.20. The highest BCUT2D eigenvalue weighted by Gasteiger charge is 2.17. The van der Waals surface area contributed by atoms with Gasteiger partial charge in [0, 0.05) is 26.2 Å². The van der Waals surface area contributed by atoms with Crippen molar-refractivity contribution < 1.29 is 14.0 Å². The topological polar surface area (TPSA) is 73.5 Å². The average Bonchev–Trinajstić information content (AvgIpc) is 3.03. The number of ether oxygens (including phenoxy) is 2. The molecular formula is C17H24N4O3. The Morgan fingerprint density at radius 1 is 1.29 bits per heavy atom. The molecule has 1 aliphatic rings. The van der Waals surface area contributed by atoms with Gasteiger partial charge in [-0.2, -0.15) is 4.98 Å². The van der Waals surface area contributed by atoms with E-state index in [1.165, 1.54) is 0 Å². The SMILES string of the molecule is CC(C)Cc1noc(-c2ccc(N(C)C[C@H]3COCCO3)nc2)n1. The van der Waals surface area contributed by atoms with Gasteiger partial charge in [-0.15, -0.1) is 0 Å². The fraction of sp³-hybridized carbons (Fsp3) is 0.588. The van der Waals surface area contributed by atoms with E-state index in [-0.39, 0.29) is 6.10 Å². The fourth-order valence-corrected chi connectivity index (χ4v) is 2.60. The normalized spacial score (nSPS) is 18.1. The van der Waals surface area contributed by atoms with Crippen LogP contribution in [0.1, 0.15) is 19.7 Å². The van der Waals surface area contributed by atoms with E-state index < -0.39 is 0 Å². The number of rotatable bonds is 6. The first kappa shape index (κ1) is 16.9. The molecule has 2 aromatic heterocycles. The summed E-state index contributed by atoms with van der Waals surface area (Å²) in [5, 5.41) is 4.01. The summed E-state index contributed by atoms with van der Waals surface area (Å²) in [6, 6.07) is 3.90. The molecule has 7 heteroatoms. The molecule has 0 unspecified atom stereocenters. The van der Waals surface area contributed by atoms with Crippen LogP contribution in [0, 0.1) is 5.92 Å². The highest BCUT2D eigenvalue weighted by molar-refractivity contribution is 5.54. The minimum Gasteiger partial charge on any atom is -0.376 e. The van der Waals surface area contributed by atoms with E-state index in [0.717, 1.165) is 30.2 Å². The molecule has 0 aromatic carbocycles. The Bertz CT molecular complexity index is 636. The second-order valence-corrected chi connectivity index (χ2v) is 6.47. The lowest BCUT2D eigenvalue weighted by Crippen LogP contribution is -2.38. The molecule has 0 amide bonds. The zero-order chi connectivity index (χ0) is 16.9. The van der Waals surface area contributed by atoms with Gasteiger partial charge in [0.25, 0.3) is 5.89 Å². The lowest BCUT2D eigenvalue weighted by atomic mass is 10.1. The summed E-state index contributed by atoms with van der Waals surface area (Å²) in [6.45, 7) is 6.96. The molecule has 3 rings (SSSR count). The highest BCUT2D eigenvalue weighted by atomic mass is 16.6. The lowest BCUT2D eigenvalue weighted by molar-refractivity contribution is -0.0837. The van der Waals surface area contributed by atoms with Crippen molar-refractivity contribution in [1.29, 1.82) is 0 Å². The van der Waals surface area contributed by atoms with Crippen LogP contribution in [0.2, 0.25) is 0 Å². The molecule has 7 nitrogen and oxygen atoms in total. The molecule has 2 aromatic rings. The third kappa shape index (κ3) is 4.30. The minimum atomic E-state index is 0.0831. The van der Waals surface area contributed by atoms with E-state index in [2.05, 4.69) is 33.9 Å². The Morgan fingerprint density at radius 2 is 2.17 bits per heavy atom. The van der Waals surface area contributed by atoms with E-state index >= 15 is 0 Å². The van der Waals surface area contributed by atoms with Crippen LogP contribution in [-0.4, -0.2) is 54.6 Å². The summed E-state index contributed by atoms with van der Waals surface area (Å²) in [6.07, 6.45) is 2.65. The monoisotopic (exact) mass is 332 g/mol. The van der Waals surface area contributed by atoms with Crippen LogP contribution >= 0.6 is 0 Å². The predicted octanol–water partition coefficient (Wildman–Crippen LogP) is 2.18. The minimum absolute atomic E-state index is 0.0831. The number of likely N-dealkylation sites (N-methyl/N-ethyl adjacent to an activating group) is 1. The number of pyridine rings is 1. The van der Waals surface area contributed by atoms with Crippen molar-refractivity contribution in [3.8, 4) is 11.5 Å². The summed E-state index contributed by atoms with van der Waals surface area (Å²) in [5.41, 5.74) is 0.826. The third-order valence-electron chi connectivity index (χ3n) is 3.81. The van der Waals surface area contributed by atoms with E-state index in [4.69, 9.17) is 14.0 Å². The molecule has 1 aliphatic heterocycles. The van der Waals surface area contributed by atoms with Crippen molar-refractivity contribution >= 4 is 5.82 Å². The molecule has 0 N–H and O–H groups in total. The van der Waals surface area contributed by atoms with Crippen molar-refractivity contribution in [2.24, 2.45) is 5.92 Å². The Balaban J connectivity index is 1.63. The summed E-state index contributed by atoms with van der Waals surface area (Å²) in [4.78, 5) is 11.0. The molecule has 24 heavy (non-hydrogen) atoms. The first-order valence-electron chi connectivity index (χ1n) is 8.31. The molecule has 0 radical (unpaired) electrons. The van der Waals surface area contributed by atoms with E-state index in [9.17, 15) is 0 Å². The van der Waals surface area contributed by atoms with Gasteiger partial charge in [0.2, 0.25) is 0 Å². The van der Waals surface area contributed by atoms with E-state index in [1.54, 1.807) is 6.20 Å². The van der Waals surface area contributed by atoms with Gasteiger partial charge < -0.3 is 18.9 Å². The Labute approximate surface area is 142 Å². The number of hydrogen-bond donors (Lipinski definition) is 0. The maximum absolute atomic E-state index is 5.67. The van der Waals surface area contributed by atoms with Crippen molar-refractivity contribution in [3.05, 3.63) is 24.2 Å². The smallest absolute Gasteiger partial charge is 0.259 e. The molecule has 1 atom stereocenters. The van der Waals surface area contributed by atoms with Gasteiger partial charge >= 0.3 is 0 Å². The molecule has 1 fully saturated rings. The molecule has 0 saturated carbocycles. The summed E-state index contributed by atoms with van der Waals surface area (Å²) in [7, 11) is 1.99. The fourth-order valence-electron chi connectivity index (χ4n) is 2.60. The molecule has 130 valence electrons. The molecule has 0 bridgehead atoms. The second-order valence-electron chi connectivity index (χ2n) is 6.47. The van der Waals surface area contributed by atoms with Crippen LogP contribution in [-0.2, 0) is 15.9 Å². The summed E-state index contributed by atoms with van der Waals surface area (Å²) < 4.78 is 16.4. The van der Waals surface area contributed by atoms with Gasteiger partial charge in [0.15, 0.2) is 5.82 Å². The Kier molecular flexibility index (Phi) is 5.42. The quantitative estimate of drug-likeness (QED) is 0.802. The number of aromatic nitrogens is 3. The van der Waals surface area contributed by atoms with Crippen LogP contribution in [0.3, 0.4) is 0 Å². The Morgan fingerprint density at radius 3 is 2.83 bits per heavy atom. The number of nitrogens with zero attached hydrogens (tertiary/aromatic N) is 4. The molecule has 0 spiro atoms. The molecular weight excluding hydrogens is 308 g/mol. The summed E-state index contributed by atoms with van der Waals surface area (Å²) in [5.74, 6) is 2.61. The third-order valence-corrected chi connectivity index (χ3v) is 3.81. The van der Waals surface area contributed by atoms with E-state index in [1.807, 2.05) is 19.2 Å². The van der Waals surface area contributed by atoms with Crippen molar-refractivity contribution in [2.75, 3.05) is 38.3 Å². The van der Waals surface area contributed by atoms with Gasteiger partial charge in [-0.3, -0.25) is 0 Å². The zero-order valence-corrected chi connectivity index (χ0v) is 14.4. The number of anilines is 1. The van der Waals surface area contributed by atoms with Gasteiger partial charge in [0.05, 0.1) is 31.5 Å². The van der Waals surface area contributed by atoms with Gasteiger partial charge in [-0.25, -0.2) is 4.98 Å². The average molecular weight is 332 g/mol. The maximum atomic E-state index is 5.67. The Hall–Kier alpha value is -1.99. The van der Waals surface area contributed by atoms with Gasteiger partial charge in [-0.1, -0.05) is 19.0 Å². The maximum Gasteiger partial charge on any atom is 0.259 e. The number of hydrogen-bond acceptors (Lipinski definition) is 7. The van der Waals surface area contributed by atoms with E-state index in [0.29, 0.717) is 31.6 Å². The van der Waals surface area contributed by atoms with Crippen molar-refractivity contribution in [3.63, 3.8) is 0 Å². The lowest BCUT2D eigenvalue weighted by Gasteiger charge is -2.28. The molecule has 1 saturated heterocycles. The van der Waals surface area contributed by atoms with Gasteiger partial charge in [0.1, 0.15) is 5.82 Å². The molecule has 0 aliphatic carbocycles. The first-order chi connectivity index (χ1) is 11.6. The van der Waals surface area contributed by atoms with Crippen LogP contribution in [0.15, 0.2) is 22.9 Å². The van der Waals surface area contributed by atoms with Crippen LogP contribution in [0.4, 0.5) is 5.82 Å². The van der Waals surface area contributed by atoms with Gasteiger partial charge in [-0.05, 0) is 18.1 Å². The van der Waals surface area contributed by atoms with Crippen molar-refractivity contribution in [2.45, 2.75) is 26.4 Å². The van der Waals surface area contributed by atoms with Crippen molar-refractivity contribution in [1.82, 2.24) is 15.1 Å². The standard InChI is InChI=1S/C17H24N4O3/c1-12(2)8-15-19-17(24-20-15)13-4-5-16(18-9-13)21(3)10-14-11-22-6-7-23-14/h4-5,9,12,14H,6-8,10-11H2,1-3H3/t14-/m0/s1. The second kappa shape index (κ2) is 7.72. The van der Waals surface area contributed by atoms with Crippen LogP contribution < -0.4 is 4.90 Å². The predicted molar refractivity (Wildman–Crippen MR) is 89.9 cm³/mol. The largest absolute Gasteiger partial charge is 0.376 e. The first-order valence-corrected chi connectivity index (χ1v) is 8.31. The zero-order valence-electron chi connectivity index (χ0n) is 14.4. The van der Waals surface area contributed by atoms with Crippen LogP contribution in [0.5, 0.6) is 0 Å². The summed E-state index contributed by atoms with van der Waals surface area (Å²) >= 11 is 0. The molecule has 3 heterocycles.